The number of amides is 1. The third-order valence-electron chi connectivity index (χ3n) is 3.41. The van der Waals surface area contributed by atoms with Gasteiger partial charge in [-0.1, -0.05) is 0 Å². The van der Waals surface area contributed by atoms with E-state index in [1.807, 2.05) is 0 Å². The average Bonchev–Trinajstić information content (AvgIpc) is 2.90. The predicted molar refractivity (Wildman–Crippen MR) is 74.3 cm³/mol. The molecule has 1 N–H and O–H groups in total. The molecule has 2 fully saturated rings. The van der Waals surface area contributed by atoms with Gasteiger partial charge in [0.15, 0.2) is 0 Å². The Kier molecular flexibility index (Phi) is 3.78. The molecule has 2 heterocycles. The van der Waals surface area contributed by atoms with Gasteiger partial charge in [0.1, 0.15) is 5.69 Å². The largest absolute Gasteiger partial charge is 0.381 e. The van der Waals surface area contributed by atoms with Gasteiger partial charge in [0, 0.05) is 23.8 Å². The lowest BCUT2D eigenvalue weighted by atomic mass is 10.2. The van der Waals surface area contributed by atoms with Gasteiger partial charge in [-0.25, -0.2) is 18.1 Å². The summed E-state index contributed by atoms with van der Waals surface area (Å²) >= 11 is 1.42. The van der Waals surface area contributed by atoms with Crippen LogP contribution in [0.1, 0.15) is 40.7 Å². The molecule has 0 bridgehead atoms. The molecule has 1 aliphatic carbocycles. The SMILES string of the molecule is O=C(NS(=O)(=O)C[C@@H]1CCOC1)c1csc(C2CC2)n1. The number of carbonyl (C=O) groups is 1. The molecule has 110 valence electrons. The van der Waals surface area contributed by atoms with Gasteiger partial charge in [0.25, 0.3) is 5.91 Å². The number of thiazole rings is 1. The number of hydrogen-bond donors (Lipinski definition) is 1. The minimum absolute atomic E-state index is 0.0299. The van der Waals surface area contributed by atoms with Crippen molar-refractivity contribution < 1.29 is 17.9 Å². The molecule has 1 saturated heterocycles. The summed E-state index contributed by atoms with van der Waals surface area (Å²) in [5.41, 5.74) is 0.197. The highest BCUT2D eigenvalue weighted by molar-refractivity contribution is 7.90. The van der Waals surface area contributed by atoms with Crippen molar-refractivity contribution in [2.24, 2.45) is 5.92 Å². The Balaban J connectivity index is 1.61. The lowest BCUT2D eigenvalue weighted by Gasteiger charge is -2.09. The number of sulfonamides is 1. The third-order valence-corrected chi connectivity index (χ3v) is 5.82. The number of hydrogen-bond acceptors (Lipinski definition) is 6. The standard InChI is InChI=1S/C12H16N2O4S2/c15-11(10-6-19-12(13-10)9-1-2-9)14-20(16,17)7-8-3-4-18-5-8/h6,8-9H,1-5,7H2,(H,14,15)/t8-/m1/s1. The summed E-state index contributed by atoms with van der Waals surface area (Å²) in [6.07, 6.45) is 2.93. The lowest BCUT2D eigenvalue weighted by Crippen LogP contribution is -2.35. The van der Waals surface area contributed by atoms with Gasteiger partial charge < -0.3 is 4.74 Å². The maximum atomic E-state index is 11.9. The highest BCUT2D eigenvalue weighted by Crippen LogP contribution is 2.41. The fourth-order valence-corrected chi connectivity index (χ4v) is 4.50. The zero-order valence-electron chi connectivity index (χ0n) is 10.9. The highest BCUT2D eigenvalue weighted by atomic mass is 32.2. The zero-order valence-corrected chi connectivity index (χ0v) is 12.5. The van der Waals surface area contributed by atoms with Crippen molar-refractivity contribution in [2.45, 2.75) is 25.2 Å². The molecule has 3 rings (SSSR count). The maximum absolute atomic E-state index is 11.9. The normalized spacial score (nSPS) is 22.9. The summed E-state index contributed by atoms with van der Waals surface area (Å²) in [5, 5.41) is 2.55. The Hall–Kier alpha value is -0.990. The minimum atomic E-state index is -3.62. The molecule has 0 unspecified atom stereocenters. The van der Waals surface area contributed by atoms with Gasteiger partial charge >= 0.3 is 0 Å². The first-order valence-corrected chi connectivity index (χ1v) is 9.15. The van der Waals surface area contributed by atoms with Gasteiger partial charge in [-0.3, -0.25) is 4.79 Å². The Labute approximate surface area is 121 Å². The minimum Gasteiger partial charge on any atom is -0.381 e. The van der Waals surface area contributed by atoms with E-state index in [4.69, 9.17) is 4.74 Å². The number of carbonyl (C=O) groups excluding carboxylic acids is 1. The number of aromatic nitrogens is 1. The van der Waals surface area contributed by atoms with Crippen LogP contribution in [0.15, 0.2) is 5.38 Å². The summed E-state index contributed by atoms with van der Waals surface area (Å²) in [4.78, 5) is 16.1. The molecule has 0 spiro atoms. The zero-order chi connectivity index (χ0) is 14.2. The van der Waals surface area contributed by atoms with Gasteiger partial charge in [-0.05, 0) is 19.3 Å². The van der Waals surface area contributed by atoms with E-state index in [9.17, 15) is 13.2 Å². The Morgan fingerprint density at radius 1 is 1.45 bits per heavy atom. The molecule has 0 aromatic carbocycles. The summed E-state index contributed by atoms with van der Waals surface area (Å²) in [6, 6.07) is 0. The van der Waals surface area contributed by atoms with Crippen LogP contribution in [-0.2, 0) is 14.8 Å². The maximum Gasteiger partial charge on any atom is 0.284 e. The fourth-order valence-electron chi connectivity index (χ4n) is 2.17. The molecule has 2 aliphatic rings. The smallest absolute Gasteiger partial charge is 0.284 e. The van der Waals surface area contributed by atoms with E-state index in [1.165, 1.54) is 11.3 Å². The van der Waals surface area contributed by atoms with Gasteiger partial charge in [-0.2, -0.15) is 0 Å². The molecule has 1 amide bonds. The summed E-state index contributed by atoms with van der Waals surface area (Å²) < 4.78 is 31.1. The Morgan fingerprint density at radius 3 is 2.90 bits per heavy atom. The second-order valence-electron chi connectivity index (χ2n) is 5.29. The summed E-state index contributed by atoms with van der Waals surface area (Å²) in [5.74, 6) is -0.267. The number of nitrogens with one attached hydrogen (secondary N) is 1. The van der Waals surface area contributed by atoms with Crippen LogP contribution in [0, 0.1) is 5.92 Å². The van der Waals surface area contributed by atoms with Gasteiger partial charge in [0.05, 0.1) is 17.4 Å². The van der Waals surface area contributed by atoms with Gasteiger partial charge in [-0.15, -0.1) is 11.3 Å². The van der Waals surface area contributed by atoms with Crippen molar-refractivity contribution >= 4 is 27.3 Å². The van der Waals surface area contributed by atoms with Crippen molar-refractivity contribution in [3.63, 3.8) is 0 Å². The number of rotatable bonds is 5. The third kappa shape index (κ3) is 3.36. The van der Waals surface area contributed by atoms with Crippen molar-refractivity contribution in [1.82, 2.24) is 9.71 Å². The average molecular weight is 316 g/mol. The predicted octanol–water partition coefficient (Wildman–Crippen LogP) is 1.12. The first-order valence-electron chi connectivity index (χ1n) is 6.61. The Morgan fingerprint density at radius 2 is 2.25 bits per heavy atom. The summed E-state index contributed by atoms with van der Waals surface area (Å²) in [7, 11) is -3.62. The molecule has 8 heteroatoms. The molecular formula is C12H16N2O4S2. The van der Waals surface area contributed by atoms with E-state index in [1.54, 1.807) is 5.38 Å². The van der Waals surface area contributed by atoms with E-state index in [0.29, 0.717) is 19.1 Å². The molecule has 1 aromatic heterocycles. The van der Waals surface area contributed by atoms with Crippen molar-refractivity contribution in [3.8, 4) is 0 Å². The Bertz CT molecular complexity index is 601. The number of nitrogens with zero attached hydrogens (tertiary/aromatic N) is 1. The lowest BCUT2D eigenvalue weighted by molar-refractivity contribution is 0.0977. The van der Waals surface area contributed by atoms with Crippen LogP contribution in [0.2, 0.25) is 0 Å². The van der Waals surface area contributed by atoms with E-state index in [2.05, 4.69) is 9.71 Å². The first-order chi connectivity index (χ1) is 9.53. The monoisotopic (exact) mass is 316 g/mol. The van der Waals surface area contributed by atoms with E-state index in [-0.39, 0.29) is 17.4 Å². The first kappa shape index (κ1) is 14.0. The van der Waals surface area contributed by atoms with E-state index < -0.39 is 15.9 Å². The molecule has 1 aliphatic heterocycles. The van der Waals surface area contributed by atoms with Crippen LogP contribution in [0.3, 0.4) is 0 Å². The highest BCUT2D eigenvalue weighted by Gasteiger charge is 2.29. The molecule has 1 aromatic rings. The molecular weight excluding hydrogens is 300 g/mol. The van der Waals surface area contributed by atoms with Gasteiger partial charge in [0.2, 0.25) is 10.0 Å². The summed E-state index contributed by atoms with van der Waals surface area (Å²) in [6.45, 7) is 1.03. The molecule has 1 atom stereocenters. The van der Waals surface area contributed by atoms with Crippen LogP contribution in [0.4, 0.5) is 0 Å². The van der Waals surface area contributed by atoms with Crippen LogP contribution < -0.4 is 4.72 Å². The van der Waals surface area contributed by atoms with E-state index in [0.717, 1.165) is 24.3 Å². The second kappa shape index (κ2) is 5.42. The van der Waals surface area contributed by atoms with Crippen molar-refractivity contribution in [3.05, 3.63) is 16.1 Å². The molecule has 0 radical (unpaired) electrons. The fraction of sp³-hybridized carbons (Fsp3) is 0.667. The molecule has 1 saturated carbocycles. The molecule has 6 nitrogen and oxygen atoms in total. The topological polar surface area (TPSA) is 85.4 Å². The number of ether oxygens (including phenoxy) is 1. The van der Waals surface area contributed by atoms with Crippen LogP contribution >= 0.6 is 11.3 Å². The van der Waals surface area contributed by atoms with Crippen LogP contribution in [-0.4, -0.2) is 38.3 Å². The van der Waals surface area contributed by atoms with Crippen LogP contribution in [0.5, 0.6) is 0 Å². The second-order valence-corrected chi connectivity index (χ2v) is 7.94. The molecule has 20 heavy (non-hydrogen) atoms. The quantitative estimate of drug-likeness (QED) is 0.880. The van der Waals surface area contributed by atoms with Crippen molar-refractivity contribution in [2.75, 3.05) is 19.0 Å². The van der Waals surface area contributed by atoms with E-state index >= 15 is 0 Å². The van der Waals surface area contributed by atoms with Crippen LogP contribution in [0.25, 0.3) is 0 Å². The van der Waals surface area contributed by atoms with Crippen molar-refractivity contribution in [1.29, 1.82) is 0 Å².